The van der Waals surface area contributed by atoms with Crippen LogP contribution in [0.1, 0.15) is 0 Å². The highest BCUT2D eigenvalue weighted by Crippen LogP contribution is 2.44. The first kappa shape index (κ1) is 26.0. The standard InChI is InChI=1S/C44H27NO2/c1-3-15-33-28(10-1)12-8-19-39(33)45(32-23-25-37-36-17-5-6-20-40(36)46-42(37)27-32)31-14-7-13-30(26-31)34-18-9-21-41-43(34)38-24-22-29-11-2-4-16-35(29)44(38)47-41/h1-27H. The van der Waals surface area contributed by atoms with Crippen LogP contribution in [0.4, 0.5) is 17.1 Å². The van der Waals surface area contributed by atoms with Gasteiger partial charge in [0.1, 0.15) is 22.3 Å². The number of para-hydroxylation sites is 1. The topological polar surface area (TPSA) is 29.5 Å². The van der Waals surface area contributed by atoms with Gasteiger partial charge < -0.3 is 13.7 Å². The molecular weight excluding hydrogens is 574 g/mol. The second kappa shape index (κ2) is 10.1. The fourth-order valence-electron chi connectivity index (χ4n) is 7.29. The minimum Gasteiger partial charge on any atom is -0.456 e. The Morgan fingerprint density at radius 2 is 1.04 bits per heavy atom. The van der Waals surface area contributed by atoms with Crippen molar-refractivity contribution in [1.82, 2.24) is 0 Å². The molecule has 0 amide bonds. The highest BCUT2D eigenvalue weighted by atomic mass is 16.3. The maximum atomic E-state index is 6.54. The van der Waals surface area contributed by atoms with Crippen LogP contribution in [-0.4, -0.2) is 0 Å². The first-order chi connectivity index (χ1) is 23.3. The number of hydrogen-bond donors (Lipinski definition) is 0. The van der Waals surface area contributed by atoms with Crippen LogP contribution in [0.5, 0.6) is 0 Å². The molecule has 0 unspecified atom stereocenters. The summed E-state index contributed by atoms with van der Waals surface area (Å²) in [5, 5.41) is 9.17. The smallest absolute Gasteiger partial charge is 0.143 e. The number of benzene rings is 8. The third-order valence-electron chi connectivity index (χ3n) is 9.43. The van der Waals surface area contributed by atoms with Gasteiger partial charge in [-0.3, -0.25) is 0 Å². The molecule has 0 fully saturated rings. The van der Waals surface area contributed by atoms with E-state index in [1.807, 2.05) is 12.1 Å². The molecule has 0 radical (unpaired) electrons. The van der Waals surface area contributed by atoms with Crippen LogP contribution in [0.3, 0.4) is 0 Å². The van der Waals surface area contributed by atoms with Crippen molar-refractivity contribution in [3.63, 3.8) is 0 Å². The second-order valence-electron chi connectivity index (χ2n) is 12.1. The van der Waals surface area contributed by atoms with Gasteiger partial charge in [-0.2, -0.15) is 0 Å². The Kier molecular flexibility index (Phi) is 5.57. The van der Waals surface area contributed by atoms with Crippen LogP contribution in [0.25, 0.3) is 76.5 Å². The van der Waals surface area contributed by atoms with Crippen LogP contribution in [0.15, 0.2) is 173 Å². The lowest BCUT2D eigenvalue weighted by molar-refractivity contribution is 0.669. The Balaban J connectivity index is 1.20. The summed E-state index contributed by atoms with van der Waals surface area (Å²) < 4.78 is 12.9. The molecule has 0 bridgehead atoms. The molecule has 10 rings (SSSR count). The number of nitrogens with zero attached hydrogens (tertiary/aromatic N) is 1. The molecule has 0 aliphatic heterocycles. The van der Waals surface area contributed by atoms with Crippen molar-refractivity contribution in [1.29, 1.82) is 0 Å². The third kappa shape index (κ3) is 4.00. The van der Waals surface area contributed by atoms with Gasteiger partial charge in [-0.15, -0.1) is 0 Å². The largest absolute Gasteiger partial charge is 0.456 e. The minimum atomic E-state index is 0.868. The fraction of sp³-hybridized carbons (Fsp3) is 0. The number of hydrogen-bond acceptors (Lipinski definition) is 3. The summed E-state index contributed by atoms with van der Waals surface area (Å²) in [6.07, 6.45) is 0. The summed E-state index contributed by atoms with van der Waals surface area (Å²) in [6, 6.07) is 57.9. The Bertz CT molecular complexity index is 2820. The maximum absolute atomic E-state index is 6.54. The van der Waals surface area contributed by atoms with E-state index in [1.54, 1.807) is 0 Å². The monoisotopic (exact) mass is 601 g/mol. The Morgan fingerprint density at radius 3 is 1.96 bits per heavy atom. The number of furan rings is 2. The van der Waals surface area contributed by atoms with E-state index in [-0.39, 0.29) is 0 Å². The predicted molar refractivity (Wildman–Crippen MR) is 196 cm³/mol. The Morgan fingerprint density at radius 1 is 0.383 bits per heavy atom. The SMILES string of the molecule is c1cc(-c2cccc3oc4c5ccccc5ccc4c23)cc(N(c2ccc3c(c2)oc2ccccc23)c2cccc3ccccc23)c1. The van der Waals surface area contributed by atoms with Crippen molar-refractivity contribution >= 4 is 82.5 Å². The lowest BCUT2D eigenvalue weighted by Crippen LogP contribution is -2.10. The van der Waals surface area contributed by atoms with Crippen LogP contribution < -0.4 is 4.90 Å². The number of rotatable bonds is 4. The molecule has 47 heavy (non-hydrogen) atoms. The normalized spacial score (nSPS) is 11.8. The third-order valence-corrected chi connectivity index (χ3v) is 9.43. The average molecular weight is 602 g/mol. The van der Waals surface area contributed by atoms with Crippen LogP contribution in [0.2, 0.25) is 0 Å². The molecular formula is C44H27NO2. The van der Waals surface area contributed by atoms with E-state index < -0.39 is 0 Å². The highest BCUT2D eigenvalue weighted by Gasteiger charge is 2.20. The van der Waals surface area contributed by atoms with Crippen molar-refractivity contribution in [2.24, 2.45) is 0 Å². The molecule has 3 nitrogen and oxygen atoms in total. The molecule has 2 aromatic heterocycles. The fourth-order valence-corrected chi connectivity index (χ4v) is 7.29. The molecule has 3 heteroatoms. The molecule has 0 atom stereocenters. The van der Waals surface area contributed by atoms with Crippen molar-refractivity contribution in [2.45, 2.75) is 0 Å². The van der Waals surface area contributed by atoms with Gasteiger partial charge in [0.15, 0.2) is 0 Å². The van der Waals surface area contributed by atoms with Crippen LogP contribution >= 0.6 is 0 Å². The summed E-state index contributed by atoms with van der Waals surface area (Å²) in [4.78, 5) is 2.35. The minimum absolute atomic E-state index is 0.868. The van der Waals surface area contributed by atoms with Crippen LogP contribution in [-0.2, 0) is 0 Å². The summed E-state index contributed by atoms with van der Waals surface area (Å²) in [5.74, 6) is 0. The van der Waals surface area contributed by atoms with Crippen molar-refractivity contribution < 1.29 is 8.83 Å². The summed E-state index contributed by atoms with van der Waals surface area (Å²) in [6.45, 7) is 0. The molecule has 0 saturated heterocycles. The second-order valence-corrected chi connectivity index (χ2v) is 12.1. The molecule has 220 valence electrons. The quantitative estimate of drug-likeness (QED) is 0.201. The van der Waals surface area contributed by atoms with E-state index in [0.29, 0.717) is 0 Å². The zero-order chi connectivity index (χ0) is 30.9. The summed E-state index contributed by atoms with van der Waals surface area (Å²) in [5.41, 5.74) is 9.04. The van der Waals surface area contributed by atoms with E-state index in [1.165, 1.54) is 16.2 Å². The number of anilines is 3. The zero-order valence-corrected chi connectivity index (χ0v) is 25.4. The molecule has 8 aromatic carbocycles. The van der Waals surface area contributed by atoms with E-state index in [4.69, 9.17) is 8.83 Å². The molecule has 2 heterocycles. The van der Waals surface area contributed by atoms with Crippen molar-refractivity contribution in [3.05, 3.63) is 164 Å². The molecule has 10 aromatic rings. The van der Waals surface area contributed by atoms with Gasteiger partial charge in [0.05, 0.1) is 5.69 Å². The van der Waals surface area contributed by atoms with Gasteiger partial charge in [-0.05, 0) is 70.4 Å². The molecule has 0 N–H and O–H groups in total. The van der Waals surface area contributed by atoms with Gasteiger partial charge in [0.2, 0.25) is 0 Å². The van der Waals surface area contributed by atoms with Crippen LogP contribution in [0, 0.1) is 0 Å². The number of fused-ring (bicyclic) bond motifs is 9. The van der Waals surface area contributed by atoms with Gasteiger partial charge in [-0.25, -0.2) is 0 Å². The van der Waals surface area contributed by atoms with E-state index in [0.717, 1.165) is 77.5 Å². The lowest BCUT2D eigenvalue weighted by Gasteiger charge is -2.27. The van der Waals surface area contributed by atoms with E-state index >= 15 is 0 Å². The zero-order valence-electron chi connectivity index (χ0n) is 25.4. The average Bonchev–Trinajstić information content (AvgIpc) is 3.70. The highest BCUT2D eigenvalue weighted by molar-refractivity contribution is 6.19. The molecule has 0 saturated carbocycles. The molecule has 0 aliphatic rings. The first-order valence-electron chi connectivity index (χ1n) is 15.9. The Hall–Kier alpha value is -6.32. The van der Waals surface area contributed by atoms with Gasteiger partial charge >= 0.3 is 0 Å². The maximum Gasteiger partial charge on any atom is 0.143 e. The predicted octanol–water partition coefficient (Wildman–Crippen LogP) is 12.9. The van der Waals surface area contributed by atoms with Gasteiger partial charge in [0.25, 0.3) is 0 Å². The van der Waals surface area contributed by atoms with E-state index in [9.17, 15) is 0 Å². The molecule has 0 aliphatic carbocycles. The summed E-state index contributed by atoms with van der Waals surface area (Å²) in [7, 11) is 0. The van der Waals surface area contributed by atoms with Crippen molar-refractivity contribution in [3.8, 4) is 11.1 Å². The van der Waals surface area contributed by atoms with Gasteiger partial charge in [-0.1, -0.05) is 109 Å². The first-order valence-corrected chi connectivity index (χ1v) is 15.9. The van der Waals surface area contributed by atoms with E-state index in [2.05, 4.69) is 157 Å². The Labute approximate surface area is 270 Å². The van der Waals surface area contributed by atoms with Gasteiger partial charge in [0, 0.05) is 49.8 Å². The molecule has 0 spiro atoms. The lowest BCUT2D eigenvalue weighted by atomic mass is 9.97. The summed E-state index contributed by atoms with van der Waals surface area (Å²) >= 11 is 0. The van der Waals surface area contributed by atoms with Crippen molar-refractivity contribution in [2.75, 3.05) is 4.90 Å².